The number of benzene rings is 1. The Hall–Kier alpha value is -1.84. The first-order valence-electron chi connectivity index (χ1n) is 6.98. The van der Waals surface area contributed by atoms with Gasteiger partial charge in [0.15, 0.2) is 0 Å². The maximum absolute atomic E-state index is 12.2. The number of carbonyl (C=O) groups excluding carboxylic acids is 1. The van der Waals surface area contributed by atoms with E-state index in [1.807, 2.05) is 45.0 Å². The Bertz CT molecular complexity index is 526. The molecule has 0 bridgehead atoms. The highest BCUT2D eigenvalue weighted by Crippen LogP contribution is 2.31. The minimum absolute atomic E-state index is 0.0470. The van der Waals surface area contributed by atoms with Crippen LogP contribution in [0.25, 0.3) is 0 Å². The zero-order valence-corrected chi connectivity index (χ0v) is 12.2. The third-order valence-corrected chi connectivity index (χ3v) is 4.33. The van der Waals surface area contributed by atoms with Crippen molar-refractivity contribution >= 4 is 11.9 Å². The summed E-state index contributed by atoms with van der Waals surface area (Å²) in [4.78, 5) is 25.4. The van der Waals surface area contributed by atoms with Gasteiger partial charge >= 0.3 is 5.97 Å². The van der Waals surface area contributed by atoms with Crippen molar-refractivity contribution in [2.75, 3.05) is 0 Å². The van der Waals surface area contributed by atoms with E-state index in [0.717, 1.165) is 11.1 Å². The van der Waals surface area contributed by atoms with Crippen LogP contribution in [0.15, 0.2) is 24.3 Å². The summed E-state index contributed by atoms with van der Waals surface area (Å²) in [6.07, 6.45) is 0.313. The number of amides is 1. The molecule has 1 aromatic rings. The Kier molecular flexibility index (Phi) is 4.12. The number of hydrogen-bond donors (Lipinski definition) is 1. The maximum atomic E-state index is 12.2. The predicted molar refractivity (Wildman–Crippen MR) is 76.1 cm³/mol. The first-order chi connectivity index (χ1) is 9.41. The normalized spacial score (nSPS) is 26.6. The number of aryl methyl sites for hydroxylation is 1. The second-order valence-corrected chi connectivity index (χ2v) is 5.73. The van der Waals surface area contributed by atoms with E-state index in [9.17, 15) is 14.7 Å². The van der Waals surface area contributed by atoms with Gasteiger partial charge in [-0.25, -0.2) is 0 Å². The van der Waals surface area contributed by atoms with E-state index in [1.165, 1.54) is 0 Å². The second kappa shape index (κ2) is 5.65. The van der Waals surface area contributed by atoms with E-state index < -0.39 is 11.9 Å². The highest BCUT2D eigenvalue weighted by atomic mass is 16.4. The van der Waals surface area contributed by atoms with Crippen molar-refractivity contribution in [3.8, 4) is 0 Å². The molecule has 0 saturated carbocycles. The highest BCUT2D eigenvalue weighted by molar-refractivity contribution is 5.81. The highest BCUT2D eigenvalue weighted by Gasteiger charge is 2.41. The van der Waals surface area contributed by atoms with Gasteiger partial charge in [-0.1, -0.05) is 31.2 Å². The molecule has 3 unspecified atom stereocenters. The zero-order chi connectivity index (χ0) is 14.9. The zero-order valence-electron chi connectivity index (χ0n) is 12.2. The Labute approximate surface area is 119 Å². The van der Waals surface area contributed by atoms with Crippen LogP contribution in [-0.2, 0) is 16.1 Å². The van der Waals surface area contributed by atoms with Crippen LogP contribution in [0, 0.1) is 18.8 Å². The summed E-state index contributed by atoms with van der Waals surface area (Å²) in [5, 5.41) is 9.37. The quantitative estimate of drug-likeness (QED) is 0.921. The lowest BCUT2D eigenvalue weighted by Crippen LogP contribution is -2.52. The van der Waals surface area contributed by atoms with E-state index in [0.29, 0.717) is 13.0 Å². The van der Waals surface area contributed by atoms with Crippen LogP contribution in [0.3, 0.4) is 0 Å². The van der Waals surface area contributed by atoms with Crippen molar-refractivity contribution in [3.05, 3.63) is 35.4 Å². The fraction of sp³-hybridized carbons (Fsp3) is 0.500. The van der Waals surface area contributed by atoms with Crippen molar-refractivity contribution in [2.45, 2.75) is 39.8 Å². The summed E-state index contributed by atoms with van der Waals surface area (Å²) < 4.78 is 0. The smallest absolute Gasteiger partial charge is 0.308 e. The SMILES string of the molecule is Cc1ccccc1CN1C(=O)CC(C)C(C(=O)O)C1C. The molecular weight excluding hydrogens is 254 g/mol. The molecule has 2 rings (SSSR count). The minimum atomic E-state index is -0.813. The molecule has 0 aliphatic carbocycles. The molecule has 1 amide bonds. The van der Waals surface area contributed by atoms with Crippen molar-refractivity contribution < 1.29 is 14.7 Å². The summed E-state index contributed by atoms with van der Waals surface area (Å²) in [5.74, 6) is -1.36. The van der Waals surface area contributed by atoms with Gasteiger partial charge in [-0.15, -0.1) is 0 Å². The Morgan fingerprint density at radius 1 is 1.35 bits per heavy atom. The number of carboxylic acid groups (broad SMARTS) is 1. The van der Waals surface area contributed by atoms with Gasteiger partial charge in [-0.05, 0) is 30.9 Å². The molecule has 0 spiro atoms. The first-order valence-corrected chi connectivity index (χ1v) is 6.98. The predicted octanol–water partition coefficient (Wildman–Crippen LogP) is 2.45. The molecule has 1 saturated heterocycles. The number of likely N-dealkylation sites (tertiary alicyclic amines) is 1. The van der Waals surface area contributed by atoms with Crippen LogP contribution in [-0.4, -0.2) is 27.9 Å². The molecule has 4 heteroatoms. The average Bonchev–Trinajstić information content (AvgIpc) is 2.35. The molecular formula is C16H21NO3. The van der Waals surface area contributed by atoms with Crippen LogP contribution in [0.5, 0.6) is 0 Å². The average molecular weight is 275 g/mol. The standard InChI is InChI=1S/C16H21NO3/c1-10-6-4-5-7-13(10)9-17-12(3)15(16(19)20)11(2)8-14(17)18/h4-7,11-12,15H,8-9H2,1-3H3,(H,19,20). The monoisotopic (exact) mass is 275 g/mol. The molecule has 1 N–H and O–H groups in total. The molecule has 1 aliphatic heterocycles. The third kappa shape index (κ3) is 2.69. The largest absolute Gasteiger partial charge is 0.481 e. The number of hydrogen-bond acceptors (Lipinski definition) is 2. The van der Waals surface area contributed by atoms with Crippen molar-refractivity contribution in [1.29, 1.82) is 0 Å². The Morgan fingerprint density at radius 3 is 2.60 bits per heavy atom. The first kappa shape index (κ1) is 14.6. The molecule has 3 atom stereocenters. The van der Waals surface area contributed by atoms with Gasteiger partial charge in [0.25, 0.3) is 0 Å². The van der Waals surface area contributed by atoms with Crippen LogP contribution in [0.2, 0.25) is 0 Å². The van der Waals surface area contributed by atoms with Crippen LogP contribution in [0.1, 0.15) is 31.4 Å². The second-order valence-electron chi connectivity index (χ2n) is 5.73. The number of piperidine rings is 1. The lowest BCUT2D eigenvalue weighted by atomic mass is 9.81. The van der Waals surface area contributed by atoms with Crippen LogP contribution in [0.4, 0.5) is 0 Å². The summed E-state index contributed by atoms with van der Waals surface area (Å²) in [5.41, 5.74) is 2.20. The molecule has 20 heavy (non-hydrogen) atoms. The molecule has 4 nitrogen and oxygen atoms in total. The number of carbonyl (C=O) groups is 2. The maximum Gasteiger partial charge on any atom is 0.308 e. The van der Waals surface area contributed by atoms with Gasteiger partial charge in [0.2, 0.25) is 5.91 Å². The summed E-state index contributed by atoms with van der Waals surface area (Å²) in [7, 11) is 0. The van der Waals surface area contributed by atoms with Gasteiger partial charge in [-0.2, -0.15) is 0 Å². The van der Waals surface area contributed by atoms with E-state index in [2.05, 4.69) is 0 Å². The van der Waals surface area contributed by atoms with Gasteiger partial charge < -0.3 is 10.0 Å². The fourth-order valence-corrected chi connectivity index (χ4v) is 3.07. The molecule has 0 radical (unpaired) electrons. The lowest BCUT2D eigenvalue weighted by molar-refractivity contribution is -0.155. The number of nitrogens with zero attached hydrogens (tertiary/aromatic N) is 1. The lowest BCUT2D eigenvalue weighted by Gasteiger charge is -2.41. The molecule has 1 fully saturated rings. The van der Waals surface area contributed by atoms with Crippen molar-refractivity contribution in [3.63, 3.8) is 0 Å². The molecule has 1 heterocycles. The molecule has 1 aliphatic rings. The topological polar surface area (TPSA) is 57.6 Å². The van der Waals surface area contributed by atoms with E-state index >= 15 is 0 Å². The van der Waals surface area contributed by atoms with Crippen LogP contribution < -0.4 is 0 Å². The minimum Gasteiger partial charge on any atom is -0.481 e. The summed E-state index contributed by atoms with van der Waals surface area (Å²) in [6, 6.07) is 7.62. The fourth-order valence-electron chi connectivity index (χ4n) is 3.07. The summed E-state index contributed by atoms with van der Waals surface area (Å²) in [6.45, 7) is 6.18. The molecule has 108 valence electrons. The van der Waals surface area contributed by atoms with Crippen molar-refractivity contribution in [2.24, 2.45) is 11.8 Å². The number of aliphatic carboxylic acids is 1. The Morgan fingerprint density at radius 2 is 2.00 bits per heavy atom. The van der Waals surface area contributed by atoms with Crippen LogP contribution >= 0.6 is 0 Å². The number of rotatable bonds is 3. The van der Waals surface area contributed by atoms with Gasteiger partial charge in [0.05, 0.1) is 5.92 Å². The molecule has 0 aromatic heterocycles. The summed E-state index contributed by atoms with van der Waals surface area (Å²) >= 11 is 0. The Balaban J connectivity index is 2.24. The number of carboxylic acids is 1. The van der Waals surface area contributed by atoms with E-state index in [-0.39, 0.29) is 17.9 Å². The van der Waals surface area contributed by atoms with E-state index in [1.54, 1.807) is 4.90 Å². The van der Waals surface area contributed by atoms with E-state index in [4.69, 9.17) is 0 Å². The van der Waals surface area contributed by atoms with Gasteiger partial charge in [-0.3, -0.25) is 9.59 Å². The molecule has 1 aromatic carbocycles. The van der Waals surface area contributed by atoms with Gasteiger partial charge in [0.1, 0.15) is 0 Å². The van der Waals surface area contributed by atoms with Gasteiger partial charge in [0, 0.05) is 19.0 Å². The third-order valence-electron chi connectivity index (χ3n) is 4.33. The van der Waals surface area contributed by atoms with Crippen molar-refractivity contribution in [1.82, 2.24) is 4.90 Å².